The minimum Gasteiger partial charge on any atom is -0.495 e. The maximum absolute atomic E-state index is 12.5. The van der Waals surface area contributed by atoms with Gasteiger partial charge in [-0.1, -0.05) is 12.2 Å². The van der Waals surface area contributed by atoms with Crippen LogP contribution in [0.2, 0.25) is 0 Å². The molecule has 0 aromatic heterocycles. The maximum atomic E-state index is 12.5. The first kappa shape index (κ1) is 16.6. The van der Waals surface area contributed by atoms with E-state index in [1.54, 1.807) is 31.3 Å². The number of rotatable bonds is 6. The van der Waals surface area contributed by atoms with Crippen molar-refractivity contribution in [3.05, 3.63) is 34.3 Å². The monoisotopic (exact) mass is 341 g/mol. The van der Waals surface area contributed by atoms with Crippen molar-refractivity contribution >= 4 is 21.8 Å². The number of amides is 1. The van der Waals surface area contributed by atoms with Gasteiger partial charge in [-0.25, -0.2) is 0 Å². The number of ether oxygens (including phenoxy) is 2. The van der Waals surface area contributed by atoms with E-state index in [1.807, 2.05) is 13.8 Å². The van der Waals surface area contributed by atoms with Crippen LogP contribution in [0.3, 0.4) is 0 Å². The summed E-state index contributed by atoms with van der Waals surface area (Å²) < 4.78 is 11.2. The zero-order valence-electron chi connectivity index (χ0n) is 12.3. The first-order valence-corrected chi connectivity index (χ1v) is 7.09. The van der Waals surface area contributed by atoms with Gasteiger partial charge < -0.3 is 14.4 Å². The average molecular weight is 342 g/mol. The molecular formula is C15H20BrNO3. The molecule has 20 heavy (non-hydrogen) atoms. The van der Waals surface area contributed by atoms with Crippen molar-refractivity contribution in [1.82, 2.24) is 4.90 Å². The highest BCUT2D eigenvalue weighted by Crippen LogP contribution is 2.35. The molecule has 4 nitrogen and oxygen atoms in total. The number of likely N-dealkylation sites (N-methyl/N-ethyl adjacent to an activating group) is 1. The molecule has 0 fully saturated rings. The third kappa shape index (κ3) is 3.76. The molecule has 0 radical (unpaired) electrons. The Morgan fingerprint density at radius 3 is 2.15 bits per heavy atom. The summed E-state index contributed by atoms with van der Waals surface area (Å²) in [4.78, 5) is 14.2. The summed E-state index contributed by atoms with van der Waals surface area (Å²) in [6, 6.07) is 3.41. The molecule has 0 saturated carbocycles. The SMILES string of the molecule is C=C(C)CN(CC)C(=O)c1cc(OC)c(Br)c(OC)c1. The van der Waals surface area contributed by atoms with Gasteiger partial charge in [-0.05, 0) is 41.9 Å². The molecule has 1 aromatic rings. The molecular weight excluding hydrogens is 322 g/mol. The molecule has 0 N–H and O–H groups in total. The number of carbonyl (C=O) groups is 1. The molecule has 0 saturated heterocycles. The van der Waals surface area contributed by atoms with Gasteiger partial charge >= 0.3 is 0 Å². The molecule has 0 heterocycles. The van der Waals surface area contributed by atoms with Crippen molar-refractivity contribution in [2.24, 2.45) is 0 Å². The second kappa shape index (κ2) is 7.33. The van der Waals surface area contributed by atoms with E-state index in [0.29, 0.717) is 34.6 Å². The lowest BCUT2D eigenvalue weighted by Crippen LogP contribution is -2.32. The highest BCUT2D eigenvalue weighted by molar-refractivity contribution is 9.10. The van der Waals surface area contributed by atoms with Gasteiger partial charge in [0.05, 0.1) is 14.2 Å². The predicted octanol–water partition coefficient (Wildman–Crippen LogP) is 3.50. The molecule has 0 aliphatic carbocycles. The molecule has 0 atom stereocenters. The lowest BCUT2D eigenvalue weighted by molar-refractivity contribution is 0.0777. The van der Waals surface area contributed by atoms with E-state index in [0.717, 1.165) is 5.57 Å². The van der Waals surface area contributed by atoms with Gasteiger partial charge in [0.1, 0.15) is 16.0 Å². The van der Waals surface area contributed by atoms with Crippen molar-refractivity contribution in [2.75, 3.05) is 27.3 Å². The van der Waals surface area contributed by atoms with E-state index in [9.17, 15) is 4.79 Å². The minimum atomic E-state index is -0.0698. The Balaban J connectivity index is 3.17. The van der Waals surface area contributed by atoms with Crippen LogP contribution in [0.4, 0.5) is 0 Å². The topological polar surface area (TPSA) is 38.8 Å². The summed E-state index contributed by atoms with van der Waals surface area (Å²) in [6.07, 6.45) is 0. The lowest BCUT2D eigenvalue weighted by atomic mass is 10.1. The van der Waals surface area contributed by atoms with Gasteiger partial charge in [0.25, 0.3) is 5.91 Å². The van der Waals surface area contributed by atoms with Gasteiger partial charge in [0.2, 0.25) is 0 Å². The van der Waals surface area contributed by atoms with Crippen LogP contribution in [0.5, 0.6) is 11.5 Å². The largest absolute Gasteiger partial charge is 0.495 e. The van der Waals surface area contributed by atoms with Crippen molar-refractivity contribution in [3.63, 3.8) is 0 Å². The zero-order valence-corrected chi connectivity index (χ0v) is 13.9. The zero-order chi connectivity index (χ0) is 15.3. The summed E-state index contributed by atoms with van der Waals surface area (Å²) >= 11 is 3.39. The van der Waals surface area contributed by atoms with Crippen molar-refractivity contribution in [2.45, 2.75) is 13.8 Å². The molecule has 0 bridgehead atoms. The smallest absolute Gasteiger partial charge is 0.254 e. The van der Waals surface area contributed by atoms with E-state index in [2.05, 4.69) is 22.5 Å². The van der Waals surface area contributed by atoms with E-state index >= 15 is 0 Å². The Morgan fingerprint density at radius 1 is 1.30 bits per heavy atom. The fourth-order valence-electron chi connectivity index (χ4n) is 1.83. The third-order valence-corrected chi connectivity index (χ3v) is 3.60. The molecule has 1 rings (SSSR count). The standard InChI is InChI=1S/C15H20BrNO3/c1-6-17(9-10(2)3)15(18)11-7-12(19-4)14(16)13(8-11)20-5/h7-8H,2,6,9H2,1,3-5H3. The minimum absolute atomic E-state index is 0.0698. The van der Waals surface area contributed by atoms with Gasteiger partial charge in [-0.3, -0.25) is 4.79 Å². The first-order valence-electron chi connectivity index (χ1n) is 6.29. The van der Waals surface area contributed by atoms with Crippen molar-refractivity contribution < 1.29 is 14.3 Å². The molecule has 0 aliphatic rings. The Morgan fingerprint density at radius 2 is 1.80 bits per heavy atom. The summed E-state index contributed by atoms with van der Waals surface area (Å²) in [6.45, 7) is 8.85. The Kier molecular flexibility index (Phi) is 6.07. The first-order chi connectivity index (χ1) is 9.44. The molecule has 5 heteroatoms. The number of carbonyl (C=O) groups excluding carboxylic acids is 1. The number of hydrogen-bond donors (Lipinski definition) is 0. The lowest BCUT2D eigenvalue weighted by Gasteiger charge is -2.22. The number of halogens is 1. The Hall–Kier alpha value is -1.49. The van der Waals surface area contributed by atoms with Gasteiger partial charge in [0.15, 0.2) is 0 Å². The summed E-state index contributed by atoms with van der Waals surface area (Å²) in [5.41, 5.74) is 1.47. The van der Waals surface area contributed by atoms with Crippen molar-refractivity contribution in [1.29, 1.82) is 0 Å². The molecule has 1 aromatic carbocycles. The van der Waals surface area contributed by atoms with Gasteiger partial charge in [0, 0.05) is 18.7 Å². The van der Waals surface area contributed by atoms with Gasteiger partial charge in [-0.2, -0.15) is 0 Å². The van der Waals surface area contributed by atoms with Crippen LogP contribution < -0.4 is 9.47 Å². The summed E-state index contributed by atoms with van der Waals surface area (Å²) in [5.74, 6) is 1.07. The molecule has 1 amide bonds. The van der Waals surface area contributed by atoms with Crippen LogP contribution in [0.1, 0.15) is 24.2 Å². The number of nitrogens with zero attached hydrogens (tertiary/aromatic N) is 1. The van der Waals surface area contributed by atoms with E-state index in [4.69, 9.17) is 9.47 Å². The predicted molar refractivity (Wildman–Crippen MR) is 83.6 cm³/mol. The molecule has 0 aliphatic heterocycles. The summed E-state index contributed by atoms with van der Waals surface area (Å²) in [5, 5.41) is 0. The highest BCUT2D eigenvalue weighted by atomic mass is 79.9. The van der Waals surface area contributed by atoms with Crippen LogP contribution in [0.25, 0.3) is 0 Å². The maximum Gasteiger partial charge on any atom is 0.254 e. The van der Waals surface area contributed by atoms with Crippen LogP contribution in [0.15, 0.2) is 28.8 Å². The van der Waals surface area contributed by atoms with Gasteiger partial charge in [-0.15, -0.1) is 0 Å². The second-order valence-corrected chi connectivity index (χ2v) is 5.26. The second-order valence-electron chi connectivity index (χ2n) is 4.47. The molecule has 0 unspecified atom stereocenters. The summed E-state index contributed by atoms with van der Waals surface area (Å²) in [7, 11) is 3.11. The normalized spacial score (nSPS) is 10.1. The molecule has 110 valence electrons. The van der Waals surface area contributed by atoms with E-state index in [-0.39, 0.29) is 5.91 Å². The fraction of sp³-hybridized carbons (Fsp3) is 0.400. The number of methoxy groups -OCH3 is 2. The Bertz CT molecular complexity index is 489. The highest BCUT2D eigenvalue weighted by Gasteiger charge is 2.18. The average Bonchev–Trinajstić information content (AvgIpc) is 2.44. The quantitative estimate of drug-likeness (QED) is 0.743. The van der Waals surface area contributed by atoms with Crippen LogP contribution in [-0.2, 0) is 0 Å². The number of benzene rings is 1. The van der Waals surface area contributed by atoms with E-state index in [1.165, 1.54) is 0 Å². The fourth-order valence-corrected chi connectivity index (χ4v) is 2.38. The van der Waals surface area contributed by atoms with E-state index < -0.39 is 0 Å². The van der Waals surface area contributed by atoms with Crippen LogP contribution >= 0.6 is 15.9 Å². The third-order valence-electron chi connectivity index (χ3n) is 2.82. The Labute approximate surface area is 128 Å². The van der Waals surface area contributed by atoms with Crippen LogP contribution in [0, 0.1) is 0 Å². The molecule has 0 spiro atoms. The van der Waals surface area contributed by atoms with Crippen LogP contribution in [-0.4, -0.2) is 38.1 Å². The van der Waals surface area contributed by atoms with Crippen molar-refractivity contribution in [3.8, 4) is 11.5 Å². The number of hydrogen-bond acceptors (Lipinski definition) is 3.